The van der Waals surface area contributed by atoms with Gasteiger partial charge in [0, 0.05) is 6.54 Å². The summed E-state index contributed by atoms with van der Waals surface area (Å²) in [4.78, 5) is 46.0. The number of nitrogens with one attached hydrogen (secondary N) is 3. The van der Waals surface area contributed by atoms with Gasteiger partial charge in [-0.25, -0.2) is 0 Å². The standard InChI is InChI=1S/C21H31N3O4.C2H5NO/c1-14(2)19(21(27)23-13-18(25)28-16-10-7-11-16)24-20(26)17(22-3)12-15-8-5-4-6-9-15;3-1-2-4/h4-6,8-9,14,16-17,19,22H,7,10-13H2,1-3H3,(H,23,27)(H,24,26);2H,1,3H2. The number of hydrogen-bond acceptors (Lipinski definition) is 7. The van der Waals surface area contributed by atoms with Gasteiger partial charge in [-0.1, -0.05) is 44.2 Å². The van der Waals surface area contributed by atoms with Crippen LogP contribution in [0.5, 0.6) is 0 Å². The largest absolute Gasteiger partial charge is 0.461 e. The molecule has 2 rings (SSSR count). The number of amides is 2. The Balaban J connectivity index is 0.00000118. The minimum atomic E-state index is -0.726. The summed E-state index contributed by atoms with van der Waals surface area (Å²) in [5, 5.41) is 8.39. The first-order valence-electron chi connectivity index (χ1n) is 10.9. The molecule has 1 saturated carbocycles. The Morgan fingerprint density at radius 2 is 1.78 bits per heavy atom. The van der Waals surface area contributed by atoms with E-state index in [2.05, 4.69) is 21.7 Å². The Hall–Kier alpha value is -2.78. The van der Waals surface area contributed by atoms with Gasteiger partial charge in [0.25, 0.3) is 0 Å². The van der Waals surface area contributed by atoms with Crippen LogP contribution in [0.25, 0.3) is 0 Å². The smallest absolute Gasteiger partial charge is 0.325 e. The van der Waals surface area contributed by atoms with Gasteiger partial charge in [0.1, 0.15) is 25.0 Å². The average molecular weight is 449 g/mol. The van der Waals surface area contributed by atoms with Crippen molar-refractivity contribution >= 4 is 24.1 Å². The van der Waals surface area contributed by atoms with Crippen molar-refractivity contribution in [1.82, 2.24) is 16.0 Å². The van der Waals surface area contributed by atoms with Gasteiger partial charge >= 0.3 is 5.97 Å². The monoisotopic (exact) mass is 448 g/mol. The summed E-state index contributed by atoms with van der Waals surface area (Å²) < 4.78 is 5.23. The molecule has 9 heteroatoms. The summed E-state index contributed by atoms with van der Waals surface area (Å²) in [6, 6.07) is 8.50. The maximum absolute atomic E-state index is 12.7. The zero-order valence-corrected chi connectivity index (χ0v) is 19.1. The van der Waals surface area contributed by atoms with E-state index in [-0.39, 0.29) is 36.9 Å². The molecule has 1 aliphatic rings. The molecular weight excluding hydrogens is 412 g/mol. The summed E-state index contributed by atoms with van der Waals surface area (Å²) in [5.74, 6) is -1.20. The Morgan fingerprint density at radius 3 is 2.25 bits per heavy atom. The van der Waals surface area contributed by atoms with E-state index in [0.717, 1.165) is 24.8 Å². The Kier molecular flexibility index (Phi) is 12.9. The number of hydrogen-bond donors (Lipinski definition) is 4. The lowest BCUT2D eigenvalue weighted by Gasteiger charge is -2.26. The average Bonchev–Trinajstić information content (AvgIpc) is 2.77. The molecular formula is C23H36N4O5. The van der Waals surface area contributed by atoms with Crippen molar-refractivity contribution in [3.8, 4) is 0 Å². The maximum Gasteiger partial charge on any atom is 0.325 e. The third-order valence-electron chi connectivity index (χ3n) is 5.05. The minimum absolute atomic E-state index is 0.0145. The summed E-state index contributed by atoms with van der Waals surface area (Å²) in [7, 11) is 1.72. The second kappa shape index (κ2) is 15.1. The fraction of sp³-hybridized carbons (Fsp3) is 0.565. The highest BCUT2D eigenvalue weighted by molar-refractivity contribution is 5.91. The van der Waals surface area contributed by atoms with E-state index >= 15 is 0 Å². The molecule has 178 valence electrons. The van der Waals surface area contributed by atoms with E-state index in [1.165, 1.54) is 0 Å². The van der Waals surface area contributed by atoms with Crippen molar-refractivity contribution in [3.05, 3.63) is 35.9 Å². The van der Waals surface area contributed by atoms with Gasteiger partial charge in [0.15, 0.2) is 0 Å². The van der Waals surface area contributed by atoms with E-state index in [4.69, 9.17) is 9.53 Å². The quantitative estimate of drug-likeness (QED) is 0.282. The van der Waals surface area contributed by atoms with Gasteiger partial charge in [0.2, 0.25) is 11.8 Å². The molecule has 1 aliphatic carbocycles. The summed E-state index contributed by atoms with van der Waals surface area (Å²) >= 11 is 0. The maximum atomic E-state index is 12.7. The molecule has 1 fully saturated rings. The summed E-state index contributed by atoms with van der Waals surface area (Å²) in [6.45, 7) is 3.65. The second-order valence-electron chi connectivity index (χ2n) is 7.92. The minimum Gasteiger partial charge on any atom is -0.461 e. The number of carbonyl (C=O) groups excluding carboxylic acids is 4. The van der Waals surface area contributed by atoms with Gasteiger partial charge in [-0.3, -0.25) is 14.4 Å². The van der Waals surface area contributed by atoms with Crippen LogP contribution >= 0.6 is 0 Å². The number of likely N-dealkylation sites (N-methyl/N-ethyl adjacent to an activating group) is 1. The lowest BCUT2D eigenvalue weighted by Crippen LogP contribution is -2.55. The molecule has 0 aliphatic heterocycles. The zero-order valence-electron chi connectivity index (χ0n) is 19.1. The SMILES string of the molecule is CNC(Cc1ccccc1)C(=O)NC(C(=O)NCC(=O)OC1CCC1)C(C)C.NCC=O. The number of rotatable bonds is 11. The van der Waals surface area contributed by atoms with Gasteiger partial charge in [-0.05, 0) is 44.2 Å². The molecule has 1 aromatic carbocycles. The van der Waals surface area contributed by atoms with Crippen molar-refractivity contribution in [2.24, 2.45) is 11.7 Å². The van der Waals surface area contributed by atoms with Gasteiger partial charge in [-0.15, -0.1) is 0 Å². The molecule has 0 saturated heterocycles. The van der Waals surface area contributed by atoms with Crippen LogP contribution in [0, 0.1) is 5.92 Å². The third-order valence-corrected chi connectivity index (χ3v) is 5.05. The molecule has 0 aromatic heterocycles. The van der Waals surface area contributed by atoms with Crippen LogP contribution in [0.4, 0.5) is 0 Å². The molecule has 0 spiro atoms. The molecule has 9 nitrogen and oxygen atoms in total. The van der Waals surface area contributed by atoms with Crippen molar-refractivity contribution in [1.29, 1.82) is 0 Å². The molecule has 2 atom stereocenters. The fourth-order valence-corrected chi connectivity index (χ4v) is 2.95. The lowest BCUT2D eigenvalue weighted by molar-refractivity contribution is -0.152. The molecule has 0 radical (unpaired) electrons. The highest BCUT2D eigenvalue weighted by Gasteiger charge is 2.28. The number of benzene rings is 1. The molecule has 32 heavy (non-hydrogen) atoms. The van der Waals surface area contributed by atoms with Crippen LogP contribution in [-0.2, 0) is 30.3 Å². The van der Waals surface area contributed by atoms with E-state index in [9.17, 15) is 14.4 Å². The number of esters is 1. The summed E-state index contributed by atoms with van der Waals surface area (Å²) in [5.41, 5.74) is 5.69. The zero-order chi connectivity index (χ0) is 23.9. The van der Waals surface area contributed by atoms with Crippen LogP contribution in [0.1, 0.15) is 38.7 Å². The predicted octanol–water partition coefficient (Wildman–Crippen LogP) is 0.314. The van der Waals surface area contributed by atoms with Gasteiger partial charge in [-0.2, -0.15) is 0 Å². The van der Waals surface area contributed by atoms with Crippen LogP contribution in [0.2, 0.25) is 0 Å². The number of aldehydes is 1. The fourth-order valence-electron chi connectivity index (χ4n) is 2.95. The van der Waals surface area contributed by atoms with Crippen molar-refractivity contribution in [2.75, 3.05) is 20.1 Å². The van der Waals surface area contributed by atoms with E-state index in [1.807, 2.05) is 44.2 Å². The van der Waals surface area contributed by atoms with Crippen LogP contribution in [0.15, 0.2) is 30.3 Å². The van der Waals surface area contributed by atoms with Crippen LogP contribution < -0.4 is 21.7 Å². The molecule has 1 aromatic rings. The predicted molar refractivity (Wildman–Crippen MR) is 122 cm³/mol. The van der Waals surface area contributed by atoms with Gasteiger partial charge in [0.05, 0.1) is 6.04 Å². The molecule has 2 unspecified atom stereocenters. The Bertz CT molecular complexity index is 722. The Labute approximate surface area is 189 Å². The molecule has 0 bridgehead atoms. The first-order chi connectivity index (χ1) is 15.3. The van der Waals surface area contributed by atoms with Crippen molar-refractivity contribution in [2.45, 2.75) is 57.7 Å². The number of ether oxygens (including phenoxy) is 1. The summed E-state index contributed by atoms with van der Waals surface area (Å²) in [6.07, 6.45) is 4.00. The first-order valence-corrected chi connectivity index (χ1v) is 10.9. The third kappa shape index (κ3) is 10.0. The molecule has 5 N–H and O–H groups in total. The molecule has 0 heterocycles. The number of nitrogens with two attached hydrogens (primary N) is 1. The topological polar surface area (TPSA) is 140 Å². The normalized spacial score (nSPS) is 14.8. The first kappa shape index (κ1) is 27.3. The Morgan fingerprint density at radius 1 is 1.16 bits per heavy atom. The van der Waals surface area contributed by atoms with E-state index < -0.39 is 18.1 Å². The van der Waals surface area contributed by atoms with Crippen molar-refractivity contribution in [3.63, 3.8) is 0 Å². The van der Waals surface area contributed by atoms with E-state index in [1.54, 1.807) is 7.05 Å². The molecule has 2 amide bonds. The van der Waals surface area contributed by atoms with Crippen LogP contribution in [-0.4, -0.2) is 62.4 Å². The van der Waals surface area contributed by atoms with Crippen molar-refractivity contribution < 1.29 is 23.9 Å². The van der Waals surface area contributed by atoms with E-state index in [0.29, 0.717) is 12.7 Å². The second-order valence-corrected chi connectivity index (χ2v) is 7.92. The number of carbonyl (C=O) groups is 4. The highest BCUT2D eigenvalue weighted by Crippen LogP contribution is 2.21. The lowest BCUT2D eigenvalue weighted by atomic mass is 9.96. The van der Waals surface area contributed by atoms with Crippen LogP contribution in [0.3, 0.4) is 0 Å². The van der Waals surface area contributed by atoms with Gasteiger partial charge < -0.3 is 31.2 Å². The highest BCUT2D eigenvalue weighted by atomic mass is 16.5.